The van der Waals surface area contributed by atoms with Crippen LogP contribution in [0.5, 0.6) is 0 Å². The molecule has 0 unspecified atom stereocenters. The van der Waals surface area contributed by atoms with Crippen molar-refractivity contribution in [2.45, 2.75) is 13.3 Å². The minimum atomic E-state index is -0.0577. The SMILES string of the molecule is Cc1[nH]c2ccccc2c1C=C1C(=O)Nc2ccc(CCCl)cc21. The molecule has 1 aliphatic heterocycles. The van der Waals surface area contributed by atoms with Gasteiger partial charge in [0.1, 0.15) is 0 Å². The molecule has 0 saturated heterocycles. The number of H-pyrrole nitrogens is 1. The van der Waals surface area contributed by atoms with Crippen LogP contribution in [0.25, 0.3) is 22.6 Å². The summed E-state index contributed by atoms with van der Waals surface area (Å²) in [7, 11) is 0. The molecule has 0 spiro atoms. The number of nitrogens with one attached hydrogen (secondary N) is 2. The number of hydrogen-bond acceptors (Lipinski definition) is 1. The zero-order valence-corrected chi connectivity index (χ0v) is 14.1. The fourth-order valence-corrected chi connectivity index (χ4v) is 3.49. The Kier molecular flexibility index (Phi) is 3.66. The van der Waals surface area contributed by atoms with Crippen molar-refractivity contribution in [3.63, 3.8) is 0 Å². The number of amides is 1. The number of hydrogen-bond donors (Lipinski definition) is 2. The number of aromatic amines is 1. The van der Waals surface area contributed by atoms with Gasteiger partial charge in [0, 0.05) is 44.9 Å². The summed E-state index contributed by atoms with van der Waals surface area (Å²) in [6.45, 7) is 2.03. The van der Waals surface area contributed by atoms with Gasteiger partial charge in [0.05, 0.1) is 0 Å². The molecule has 24 heavy (non-hydrogen) atoms. The number of carbonyl (C=O) groups is 1. The van der Waals surface area contributed by atoms with E-state index in [1.807, 2.05) is 43.3 Å². The molecule has 3 aromatic rings. The maximum absolute atomic E-state index is 12.5. The highest BCUT2D eigenvalue weighted by atomic mass is 35.5. The lowest BCUT2D eigenvalue weighted by Gasteiger charge is -2.03. The van der Waals surface area contributed by atoms with Gasteiger partial charge < -0.3 is 10.3 Å². The van der Waals surface area contributed by atoms with Gasteiger partial charge in [-0.2, -0.15) is 0 Å². The molecule has 0 radical (unpaired) electrons. The van der Waals surface area contributed by atoms with Crippen LogP contribution in [0.2, 0.25) is 0 Å². The second-order valence-corrected chi connectivity index (χ2v) is 6.42. The van der Waals surface area contributed by atoms with Gasteiger partial charge in [0.15, 0.2) is 0 Å². The van der Waals surface area contributed by atoms with E-state index in [-0.39, 0.29) is 5.91 Å². The van der Waals surface area contributed by atoms with Crippen LogP contribution in [0.1, 0.15) is 22.4 Å². The zero-order chi connectivity index (χ0) is 16.7. The van der Waals surface area contributed by atoms with Crippen molar-refractivity contribution >= 4 is 45.7 Å². The molecule has 1 amide bonds. The molecule has 0 aliphatic carbocycles. The number of aromatic nitrogens is 1. The van der Waals surface area contributed by atoms with Gasteiger partial charge >= 0.3 is 0 Å². The smallest absolute Gasteiger partial charge is 0.256 e. The lowest BCUT2D eigenvalue weighted by atomic mass is 10.00. The first-order chi connectivity index (χ1) is 11.7. The van der Waals surface area contributed by atoms with Gasteiger partial charge in [-0.15, -0.1) is 11.6 Å². The number of alkyl halides is 1. The van der Waals surface area contributed by atoms with E-state index >= 15 is 0 Å². The molecule has 120 valence electrons. The van der Waals surface area contributed by atoms with Crippen LogP contribution in [0.4, 0.5) is 5.69 Å². The number of rotatable bonds is 3. The van der Waals surface area contributed by atoms with Crippen molar-refractivity contribution in [2.24, 2.45) is 0 Å². The average Bonchev–Trinajstić information content (AvgIpc) is 3.05. The van der Waals surface area contributed by atoms with Crippen LogP contribution in [-0.4, -0.2) is 16.8 Å². The summed E-state index contributed by atoms with van der Waals surface area (Å²) in [5.74, 6) is 0.513. The number of anilines is 1. The van der Waals surface area contributed by atoms with Crippen molar-refractivity contribution in [3.05, 3.63) is 64.8 Å². The van der Waals surface area contributed by atoms with Crippen LogP contribution in [-0.2, 0) is 11.2 Å². The highest BCUT2D eigenvalue weighted by Crippen LogP contribution is 2.35. The van der Waals surface area contributed by atoms with E-state index < -0.39 is 0 Å². The van der Waals surface area contributed by atoms with Gasteiger partial charge in [-0.1, -0.05) is 24.3 Å². The van der Waals surface area contributed by atoms with Crippen LogP contribution < -0.4 is 5.32 Å². The molecule has 2 heterocycles. The highest BCUT2D eigenvalue weighted by molar-refractivity contribution is 6.35. The van der Waals surface area contributed by atoms with Gasteiger partial charge in [-0.25, -0.2) is 0 Å². The average molecular weight is 337 g/mol. The number of aryl methyl sites for hydroxylation is 2. The van der Waals surface area contributed by atoms with Crippen molar-refractivity contribution < 1.29 is 4.79 Å². The van der Waals surface area contributed by atoms with Gasteiger partial charge in [0.25, 0.3) is 5.91 Å². The Bertz CT molecular complexity index is 984. The predicted molar refractivity (Wildman–Crippen MR) is 100 cm³/mol. The maximum Gasteiger partial charge on any atom is 0.256 e. The van der Waals surface area contributed by atoms with Crippen molar-refractivity contribution in [3.8, 4) is 0 Å². The summed E-state index contributed by atoms with van der Waals surface area (Å²) in [6.07, 6.45) is 2.78. The molecule has 4 heteroatoms. The first-order valence-electron chi connectivity index (χ1n) is 7.97. The molecular formula is C20H17ClN2O. The van der Waals surface area contributed by atoms with Crippen LogP contribution in [0, 0.1) is 6.92 Å². The van der Waals surface area contributed by atoms with E-state index in [1.54, 1.807) is 0 Å². The normalized spacial score (nSPS) is 15.1. The second kappa shape index (κ2) is 5.84. The molecule has 1 aliphatic rings. The fourth-order valence-electron chi connectivity index (χ4n) is 3.27. The van der Waals surface area contributed by atoms with Gasteiger partial charge in [-0.3, -0.25) is 4.79 Å². The Morgan fingerprint density at radius 2 is 2.00 bits per heavy atom. The third-order valence-corrected chi connectivity index (χ3v) is 4.67. The van der Waals surface area contributed by atoms with E-state index in [0.29, 0.717) is 11.5 Å². The largest absolute Gasteiger partial charge is 0.358 e. The fraction of sp³-hybridized carbons (Fsp3) is 0.150. The number of para-hydroxylation sites is 1. The quantitative estimate of drug-likeness (QED) is 0.526. The first-order valence-corrected chi connectivity index (χ1v) is 8.50. The monoisotopic (exact) mass is 336 g/mol. The van der Waals surface area contributed by atoms with Crippen molar-refractivity contribution in [1.29, 1.82) is 0 Å². The molecule has 3 nitrogen and oxygen atoms in total. The standard InChI is InChI=1S/C20H17ClN2O/c1-12-15(14-4-2-3-5-18(14)22-12)11-17-16-10-13(8-9-21)6-7-19(16)23-20(17)24/h2-7,10-11,22H,8-9H2,1H3,(H,23,24). The highest BCUT2D eigenvalue weighted by Gasteiger charge is 2.25. The van der Waals surface area contributed by atoms with Gasteiger partial charge in [0.2, 0.25) is 0 Å². The summed E-state index contributed by atoms with van der Waals surface area (Å²) >= 11 is 5.85. The minimum absolute atomic E-state index is 0.0577. The molecule has 2 aromatic carbocycles. The maximum atomic E-state index is 12.5. The Labute approximate surface area is 145 Å². The molecule has 2 N–H and O–H groups in total. The van der Waals surface area contributed by atoms with Crippen LogP contribution in [0.3, 0.4) is 0 Å². The predicted octanol–water partition coefficient (Wildman–Crippen LogP) is 4.75. The summed E-state index contributed by atoms with van der Waals surface area (Å²) in [6, 6.07) is 14.2. The Morgan fingerprint density at radius 1 is 1.17 bits per heavy atom. The molecule has 1 aromatic heterocycles. The van der Waals surface area contributed by atoms with E-state index in [2.05, 4.69) is 22.4 Å². The van der Waals surface area contributed by atoms with E-state index in [4.69, 9.17) is 11.6 Å². The number of fused-ring (bicyclic) bond motifs is 2. The Balaban J connectivity index is 1.87. The van der Waals surface area contributed by atoms with E-state index in [9.17, 15) is 4.79 Å². The van der Waals surface area contributed by atoms with Crippen molar-refractivity contribution in [1.82, 2.24) is 4.98 Å². The summed E-state index contributed by atoms with van der Waals surface area (Å²) in [4.78, 5) is 15.8. The minimum Gasteiger partial charge on any atom is -0.358 e. The number of carbonyl (C=O) groups excluding carboxylic acids is 1. The van der Waals surface area contributed by atoms with Crippen molar-refractivity contribution in [2.75, 3.05) is 11.2 Å². The lowest BCUT2D eigenvalue weighted by Crippen LogP contribution is -2.03. The zero-order valence-electron chi connectivity index (χ0n) is 13.3. The molecule has 4 rings (SSSR count). The van der Waals surface area contributed by atoms with Gasteiger partial charge in [-0.05, 0) is 43.2 Å². The third-order valence-electron chi connectivity index (χ3n) is 4.48. The molecular weight excluding hydrogens is 320 g/mol. The number of benzene rings is 2. The summed E-state index contributed by atoms with van der Waals surface area (Å²) in [5.41, 5.74) is 6.86. The summed E-state index contributed by atoms with van der Waals surface area (Å²) in [5, 5.41) is 4.07. The Hall–Kier alpha value is -2.52. The van der Waals surface area contributed by atoms with E-state index in [1.165, 1.54) is 0 Å². The van der Waals surface area contributed by atoms with Crippen LogP contribution >= 0.6 is 11.6 Å². The van der Waals surface area contributed by atoms with Crippen LogP contribution in [0.15, 0.2) is 42.5 Å². The molecule has 0 fully saturated rings. The molecule has 0 saturated carbocycles. The number of halogens is 1. The molecule has 0 atom stereocenters. The third kappa shape index (κ3) is 2.42. The topological polar surface area (TPSA) is 44.9 Å². The van der Waals surface area contributed by atoms with E-state index in [0.717, 1.165) is 45.4 Å². The second-order valence-electron chi connectivity index (χ2n) is 6.04. The lowest BCUT2D eigenvalue weighted by molar-refractivity contribution is -0.110. The summed E-state index contributed by atoms with van der Waals surface area (Å²) < 4.78 is 0. The molecule has 0 bridgehead atoms. The first kappa shape index (κ1) is 15.0. The Morgan fingerprint density at radius 3 is 2.83 bits per heavy atom.